The second kappa shape index (κ2) is 4.79. The van der Waals surface area contributed by atoms with Crippen molar-refractivity contribution >= 4 is 6.29 Å². The van der Waals surface area contributed by atoms with Crippen molar-refractivity contribution in [2.45, 2.75) is 25.4 Å². The van der Waals surface area contributed by atoms with Crippen LogP contribution in [-0.4, -0.2) is 16.4 Å². The molecule has 98 valence electrons. The SMILES string of the molecule is O=Cc1cc(F)cc(OCc2nc(C3CC3)no2)c1. The van der Waals surface area contributed by atoms with Crippen LogP contribution in [-0.2, 0) is 6.61 Å². The highest BCUT2D eigenvalue weighted by atomic mass is 19.1. The van der Waals surface area contributed by atoms with Crippen LogP contribution >= 0.6 is 0 Å². The van der Waals surface area contributed by atoms with Gasteiger partial charge in [0.2, 0.25) is 0 Å². The number of halogens is 1. The Kier molecular flexibility index (Phi) is 2.98. The molecule has 1 aromatic heterocycles. The molecule has 1 fully saturated rings. The third-order valence-electron chi connectivity index (χ3n) is 2.82. The average Bonchev–Trinajstić information content (AvgIpc) is 3.15. The molecule has 0 bridgehead atoms. The van der Waals surface area contributed by atoms with Crippen LogP contribution in [0.4, 0.5) is 4.39 Å². The zero-order chi connectivity index (χ0) is 13.2. The maximum Gasteiger partial charge on any atom is 0.264 e. The number of carbonyl (C=O) groups is 1. The molecule has 1 aromatic carbocycles. The number of hydrogen-bond donors (Lipinski definition) is 0. The summed E-state index contributed by atoms with van der Waals surface area (Å²) in [6, 6.07) is 3.79. The number of hydrogen-bond acceptors (Lipinski definition) is 5. The van der Waals surface area contributed by atoms with E-state index in [1.807, 2.05) is 0 Å². The van der Waals surface area contributed by atoms with Crippen molar-refractivity contribution in [1.82, 2.24) is 10.1 Å². The van der Waals surface area contributed by atoms with Crippen LogP contribution in [0, 0.1) is 5.82 Å². The lowest BCUT2D eigenvalue weighted by Gasteiger charge is -2.03. The van der Waals surface area contributed by atoms with E-state index in [-0.39, 0.29) is 17.9 Å². The second-order valence-electron chi connectivity index (χ2n) is 4.45. The molecule has 0 N–H and O–H groups in total. The van der Waals surface area contributed by atoms with Crippen molar-refractivity contribution < 1.29 is 18.4 Å². The Morgan fingerprint density at radius 1 is 1.42 bits per heavy atom. The lowest BCUT2D eigenvalue weighted by Crippen LogP contribution is -1.97. The van der Waals surface area contributed by atoms with E-state index in [4.69, 9.17) is 9.26 Å². The van der Waals surface area contributed by atoms with Gasteiger partial charge in [-0.1, -0.05) is 5.16 Å². The van der Waals surface area contributed by atoms with Gasteiger partial charge >= 0.3 is 0 Å². The second-order valence-corrected chi connectivity index (χ2v) is 4.45. The predicted octanol–water partition coefficient (Wildman–Crippen LogP) is 2.48. The number of rotatable bonds is 5. The minimum Gasteiger partial charge on any atom is -0.484 e. The summed E-state index contributed by atoms with van der Waals surface area (Å²) in [5.74, 6) is 1.19. The van der Waals surface area contributed by atoms with Gasteiger partial charge in [0.25, 0.3) is 5.89 Å². The van der Waals surface area contributed by atoms with E-state index in [9.17, 15) is 9.18 Å². The number of aromatic nitrogens is 2. The molecule has 1 aliphatic rings. The summed E-state index contributed by atoms with van der Waals surface area (Å²) in [5, 5.41) is 3.85. The van der Waals surface area contributed by atoms with Gasteiger partial charge in [-0.05, 0) is 25.0 Å². The highest BCUT2D eigenvalue weighted by Crippen LogP contribution is 2.38. The third kappa shape index (κ3) is 2.78. The fraction of sp³-hybridized carbons (Fsp3) is 0.308. The van der Waals surface area contributed by atoms with Crippen LogP contribution in [0.25, 0.3) is 0 Å². The molecular formula is C13H11FN2O3. The number of benzene rings is 1. The fourth-order valence-electron chi connectivity index (χ4n) is 1.71. The van der Waals surface area contributed by atoms with Gasteiger partial charge in [-0.25, -0.2) is 4.39 Å². The van der Waals surface area contributed by atoms with E-state index < -0.39 is 5.82 Å². The number of aldehydes is 1. The first-order chi connectivity index (χ1) is 9.24. The van der Waals surface area contributed by atoms with Gasteiger partial charge in [0.1, 0.15) is 17.9 Å². The van der Waals surface area contributed by atoms with Crippen molar-refractivity contribution in [3.8, 4) is 5.75 Å². The highest BCUT2D eigenvalue weighted by Gasteiger charge is 2.28. The topological polar surface area (TPSA) is 65.2 Å². The maximum atomic E-state index is 13.2. The molecule has 0 aliphatic heterocycles. The molecule has 19 heavy (non-hydrogen) atoms. The summed E-state index contributed by atoms with van der Waals surface area (Å²) >= 11 is 0. The summed E-state index contributed by atoms with van der Waals surface area (Å²) in [7, 11) is 0. The average molecular weight is 262 g/mol. The first-order valence-electron chi connectivity index (χ1n) is 5.95. The lowest BCUT2D eigenvalue weighted by molar-refractivity contribution is 0.112. The van der Waals surface area contributed by atoms with E-state index in [1.54, 1.807) is 0 Å². The van der Waals surface area contributed by atoms with Gasteiger partial charge in [0, 0.05) is 17.5 Å². The van der Waals surface area contributed by atoms with Gasteiger partial charge in [-0.3, -0.25) is 4.79 Å². The summed E-state index contributed by atoms with van der Waals surface area (Å²) < 4.78 is 23.5. The summed E-state index contributed by atoms with van der Waals surface area (Å²) in [6.07, 6.45) is 2.74. The molecule has 0 saturated heterocycles. The zero-order valence-corrected chi connectivity index (χ0v) is 10.0. The first kappa shape index (κ1) is 11.8. The molecule has 6 heteroatoms. The lowest BCUT2D eigenvalue weighted by atomic mass is 10.2. The molecule has 0 unspecified atom stereocenters. The number of ether oxygens (including phenoxy) is 1. The van der Waals surface area contributed by atoms with E-state index in [0.29, 0.717) is 23.9 Å². The van der Waals surface area contributed by atoms with Crippen molar-refractivity contribution in [1.29, 1.82) is 0 Å². The van der Waals surface area contributed by atoms with Crippen LogP contribution in [0.2, 0.25) is 0 Å². The van der Waals surface area contributed by atoms with Gasteiger partial charge in [0.15, 0.2) is 12.4 Å². The van der Waals surface area contributed by atoms with Crippen molar-refractivity contribution in [3.05, 3.63) is 41.3 Å². The quantitative estimate of drug-likeness (QED) is 0.774. The maximum absolute atomic E-state index is 13.2. The van der Waals surface area contributed by atoms with Crippen molar-refractivity contribution in [2.75, 3.05) is 0 Å². The predicted molar refractivity (Wildman–Crippen MR) is 62.4 cm³/mol. The first-order valence-corrected chi connectivity index (χ1v) is 5.95. The zero-order valence-electron chi connectivity index (χ0n) is 10.0. The Labute approximate surface area is 108 Å². The number of nitrogens with zero attached hydrogens (tertiary/aromatic N) is 2. The summed E-state index contributed by atoms with van der Waals surface area (Å²) in [6.45, 7) is 0.0570. The van der Waals surface area contributed by atoms with E-state index in [1.165, 1.54) is 12.1 Å². The molecule has 1 saturated carbocycles. The molecular weight excluding hydrogens is 251 g/mol. The van der Waals surface area contributed by atoms with Crippen LogP contribution in [0.15, 0.2) is 22.7 Å². The monoisotopic (exact) mass is 262 g/mol. The normalized spacial score (nSPS) is 14.4. The molecule has 1 heterocycles. The van der Waals surface area contributed by atoms with E-state index in [0.717, 1.165) is 18.9 Å². The van der Waals surface area contributed by atoms with Crippen LogP contribution < -0.4 is 4.74 Å². The molecule has 0 amide bonds. The Balaban J connectivity index is 1.67. The summed E-state index contributed by atoms with van der Waals surface area (Å²) in [5.41, 5.74) is 0.221. The van der Waals surface area contributed by atoms with Gasteiger partial charge in [-0.15, -0.1) is 0 Å². The minimum atomic E-state index is -0.524. The summed E-state index contributed by atoms with van der Waals surface area (Å²) in [4.78, 5) is 14.8. The molecule has 2 aromatic rings. The molecule has 0 spiro atoms. The number of carbonyl (C=O) groups excluding carboxylic acids is 1. The van der Waals surface area contributed by atoms with Crippen molar-refractivity contribution in [2.24, 2.45) is 0 Å². The Morgan fingerprint density at radius 3 is 3.00 bits per heavy atom. The Hall–Kier alpha value is -2.24. The van der Waals surface area contributed by atoms with Gasteiger partial charge in [-0.2, -0.15) is 4.98 Å². The van der Waals surface area contributed by atoms with E-state index in [2.05, 4.69) is 10.1 Å². The molecule has 3 rings (SSSR count). The Morgan fingerprint density at radius 2 is 2.26 bits per heavy atom. The van der Waals surface area contributed by atoms with Crippen LogP contribution in [0.5, 0.6) is 5.75 Å². The molecule has 0 atom stereocenters. The van der Waals surface area contributed by atoms with Crippen LogP contribution in [0.1, 0.15) is 40.8 Å². The highest BCUT2D eigenvalue weighted by molar-refractivity contribution is 5.75. The molecule has 1 aliphatic carbocycles. The smallest absolute Gasteiger partial charge is 0.264 e. The van der Waals surface area contributed by atoms with Crippen LogP contribution in [0.3, 0.4) is 0 Å². The molecule has 0 radical (unpaired) electrons. The minimum absolute atomic E-state index is 0.0570. The standard InChI is InChI=1S/C13H11FN2O3/c14-10-3-8(6-17)4-11(5-10)18-7-12-15-13(16-19-12)9-1-2-9/h3-6,9H,1-2,7H2. The molecule has 5 nitrogen and oxygen atoms in total. The third-order valence-corrected chi connectivity index (χ3v) is 2.82. The fourth-order valence-corrected chi connectivity index (χ4v) is 1.71. The van der Waals surface area contributed by atoms with Crippen molar-refractivity contribution in [3.63, 3.8) is 0 Å². The van der Waals surface area contributed by atoms with Gasteiger partial charge < -0.3 is 9.26 Å². The largest absolute Gasteiger partial charge is 0.484 e. The Bertz CT molecular complexity index is 608. The van der Waals surface area contributed by atoms with E-state index >= 15 is 0 Å². The van der Waals surface area contributed by atoms with Gasteiger partial charge in [0.05, 0.1) is 0 Å².